The van der Waals surface area contributed by atoms with Crippen LogP contribution in [0.15, 0.2) is 21.7 Å². The number of imide groups is 1. The Morgan fingerprint density at radius 3 is 2.48 bits per heavy atom. The summed E-state index contributed by atoms with van der Waals surface area (Å²) in [6.07, 6.45) is -0.805. The summed E-state index contributed by atoms with van der Waals surface area (Å²) in [5.41, 5.74) is 0. The number of hydrogen-bond acceptors (Lipinski definition) is 7. The molecule has 1 fully saturated rings. The van der Waals surface area contributed by atoms with Crippen molar-refractivity contribution in [3.8, 4) is 0 Å². The number of ether oxygens (including phenoxy) is 1. The van der Waals surface area contributed by atoms with Crippen LogP contribution in [0.1, 0.15) is 6.92 Å². The Morgan fingerprint density at radius 2 is 1.96 bits per heavy atom. The van der Waals surface area contributed by atoms with E-state index in [1.165, 1.54) is 22.8 Å². The van der Waals surface area contributed by atoms with Gasteiger partial charge < -0.3 is 4.74 Å². The normalized spacial score (nSPS) is 18.3. The number of nitrogens with zero attached hydrogens (tertiary/aromatic N) is 2. The van der Waals surface area contributed by atoms with E-state index in [0.717, 1.165) is 0 Å². The lowest BCUT2D eigenvalue weighted by atomic mass is 10.2. The molecule has 2 heterocycles. The fraction of sp³-hybridized carbons (Fsp3) is 0.538. The van der Waals surface area contributed by atoms with Crippen molar-refractivity contribution in [2.24, 2.45) is 0 Å². The SMILES string of the molecule is COC(=O)NC(=O)[C@H](C)N1CCN(S(=O)(=O)c2cccs2)CC1. The molecule has 1 saturated heterocycles. The highest BCUT2D eigenvalue weighted by Crippen LogP contribution is 2.22. The molecule has 0 bridgehead atoms. The number of thiophene rings is 1. The van der Waals surface area contributed by atoms with Gasteiger partial charge in [-0.05, 0) is 18.4 Å². The van der Waals surface area contributed by atoms with E-state index in [-0.39, 0.29) is 0 Å². The van der Waals surface area contributed by atoms with Crippen molar-refractivity contribution >= 4 is 33.4 Å². The zero-order valence-electron chi connectivity index (χ0n) is 12.9. The van der Waals surface area contributed by atoms with E-state index in [2.05, 4.69) is 10.1 Å². The minimum Gasteiger partial charge on any atom is -0.453 e. The fourth-order valence-corrected chi connectivity index (χ4v) is 4.86. The molecule has 0 saturated carbocycles. The highest BCUT2D eigenvalue weighted by Gasteiger charge is 2.32. The summed E-state index contributed by atoms with van der Waals surface area (Å²) in [4.78, 5) is 24.8. The lowest BCUT2D eigenvalue weighted by Crippen LogP contribution is -2.55. The molecule has 1 aromatic heterocycles. The van der Waals surface area contributed by atoms with E-state index < -0.39 is 28.1 Å². The molecule has 0 aromatic carbocycles. The molecule has 1 atom stereocenters. The van der Waals surface area contributed by atoms with E-state index in [1.807, 2.05) is 4.90 Å². The van der Waals surface area contributed by atoms with Gasteiger partial charge >= 0.3 is 6.09 Å². The van der Waals surface area contributed by atoms with E-state index in [0.29, 0.717) is 30.4 Å². The second-order valence-electron chi connectivity index (χ2n) is 5.03. The fourth-order valence-electron chi connectivity index (χ4n) is 2.29. The standard InChI is InChI=1S/C13H19N3O5S2/c1-10(12(17)14-13(18)21-2)15-5-7-16(8-6-15)23(19,20)11-4-3-9-22-11/h3-4,9-10H,5-8H2,1-2H3,(H,14,17,18)/t10-/m0/s1. The van der Waals surface area contributed by atoms with Crippen molar-refractivity contribution in [2.45, 2.75) is 17.2 Å². The summed E-state index contributed by atoms with van der Waals surface area (Å²) in [5.74, 6) is -0.466. The van der Waals surface area contributed by atoms with Crippen molar-refractivity contribution in [1.29, 1.82) is 0 Å². The summed E-state index contributed by atoms with van der Waals surface area (Å²) in [6.45, 7) is 3.11. The lowest BCUT2D eigenvalue weighted by Gasteiger charge is -2.36. The van der Waals surface area contributed by atoms with Gasteiger partial charge in [0.1, 0.15) is 4.21 Å². The molecule has 0 radical (unpaired) electrons. The Morgan fingerprint density at radius 1 is 1.30 bits per heavy atom. The van der Waals surface area contributed by atoms with Crippen LogP contribution in [0.4, 0.5) is 4.79 Å². The van der Waals surface area contributed by atoms with Gasteiger partial charge in [-0.1, -0.05) is 6.07 Å². The molecule has 10 heteroatoms. The predicted octanol–water partition coefficient (Wildman–Crippen LogP) is 0.325. The average Bonchev–Trinajstić information content (AvgIpc) is 3.09. The molecule has 0 spiro atoms. The first-order valence-electron chi connectivity index (χ1n) is 7.02. The van der Waals surface area contributed by atoms with E-state index in [1.54, 1.807) is 24.4 Å². The maximum absolute atomic E-state index is 12.4. The molecule has 2 amide bonds. The van der Waals surface area contributed by atoms with Gasteiger partial charge in [-0.3, -0.25) is 15.0 Å². The number of amides is 2. The molecule has 1 aromatic rings. The van der Waals surface area contributed by atoms with Crippen LogP contribution in [0.5, 0.6) is 0 Å². The van der Waals surface area contributed by atoms with Crippen LogP contribution < -0.4 is 5.32 Å². The number of methoxy groups -OCH3 is 1. The molecule has 8 nitrogen and oxygen atoms in total. The molecular weight excluding hydrogens is 342 g/mol. The second kappa shape index (κ2) is 7.39. The Bertz CT molecular complexity index is 651. The van der Waals surface area contributed by atoms with Gasteiger partial charge in [0.2, 0.25) is 5.91 Å². The zero-order valence-corrected chi connectivity index (χ0v) is 14.5. The minimum absolute atomic E-state index is 0.302. The molecular formula is C13H19N3O5S2. The smallest absolute Gasteiger partial charge is 0.413 e. The number of carbonyl (C=O) groups excluding carboxylic acids is 2. The van der Waals surface area contributed by atoms with Crippen LogP contribution in [-0.4, -0.2) is 69.0 Å². The Balaban J connectivity index is 1.93. The average molecular weight is 361 g/mol. The summed E-state index contributed by atoms with van der Waals surface area (Å²) in [7, 11) is -2.28. The van der Waals surface area contributed by atoms with E-state index in [9.17, 15) is 18.0 Å². The van der Waals surface area contributed by atoms with E-state index >= 15 is 0 Å². The first-order valence-corrected chi connectivity index (χ1v) is 9.34. The van der Waals surface area contributed by atoms with Crippen LogP contribution >= 0.6 is 11.3 Å². The largest absolute Gasteiger partial charge is 0.453 e. The van der Waals surface area contributed by atoms with Gasteiger partial charge in [0.15, 0.2) is 0 Å². The first-order chi connectivity index (χ1) is 10.9. The molecule has 0 unspecified atom stereocenters. The molecule has 0 aliphatic carbocycles. The second-order valence-corrected chi connectivity index (χ2v) is 8.14. The maximum Gasteiger partial charge on any atom is 0.413 e. The highest BCUT2D eigenvalue weighted by molar-refractivity contribution is 7.91. The number of rotatable bonds is 4. The summed E-state index contributed by atoms with van der Waals surface area (Å²) < 4.78 is 31.0. The molecule has 1 N–H and O–H groups in total. The molecule has 128 valence electrons. The highest BCUT2D eigenvalue weighted by atomic mass is 32.2. The summed E-state index contributed by atoms with van der Waals surface area (Å²) in [6, 6.07) is 2.74. The Kier molecular flexibility index (Phi) is 5.74. The third kappa shape index (κ3) is 4.08. The number of alkyl carbamates (subject to hydrolysis) is 1. The third-order valence-corrected chi connectivity index (χ3v) is 6.97. The van der Waals surface area contributed by atoms with Crippen LogP contribution in [0.3, 0.4) is 0 Å². The molecule has 1 aliphatic rings. The number of hydrogen-bond donors (Lipinski definition) is 1. The molecule has 1 aliphatic heterocycles. The summed E-state index contributed by atoms with van der Waals surface area (Å²) >= 11 is 1.19. The lowest BCUT2D eigenvalue weighted by molar-refractivity contribution is -0.125. The van der Waals surface area contributed by atoms with Crippen molar-refractivity contribution in [3.63, 3.8) is 0 Å². The van der Waals surface area contributed by atoms with Crippen molar-refractivity contribution in [1.82, 2.24) is 14.5 Å². The number of carbonyl (C=O) groups is 2. The monoisotopic (exact) mass is 361 g/mol. The van der Waals surface area contributed by atoms with Crippen molar-refractivity contribution < 1.29 is 22.7 Å². The van der Waals surface area contributed by atoms with Gasteiger partial charge in [-0.25, -0.2) is 13.2 Å². The number of sulfonamides is 1. The molecule has 2 rings (SSSR count). The van der Waals surface area contributed by atoms with Crippen LogP contribution in [-0.2, 0) is 19.6 Å². The minimum atomic E-state index is -3.46. The first kappa shape index (κ1) is 17.9. The zero-order chi connectivity index (χ0) is 17.0. The third-order valence-electron chi connectivity index (χ3n) is 3.70. The predicted molar refractivity (Wildman–Crippen MR) is 84.7 cm³/mol. The van der Waals surface area contributed by atoms with Gasteiger partial charge in [-0.2, -0.15) is 4.31 Å². The Labute approximate surface area is 139 Å². The van der Waals surface area contributed by atoms with Crippen molar-refractivity contribution in [2.75, 3.05) is 33.3 Å². The van der Waals surface area contributed by atoms with Crippen molar-refractivity contribution in [3.05, 3.63) is 17.5 Å². The van der Waals surface area contributed by atoms with Gasteiger partial charge in [-0.15, -0.1) is 11.3 Å². The van der Waals surface area contributed by atoms with Crippen LogP contribution in [0.2, 0.25) is 0 Å². The number of nitrogens with one attached hydrogen (secondary N) is 1. The Hall–Kier alpha value is -1.49. The quantitative estimate of drug-likeness (QED) is 0.830. The molecule has 23 heavy (non-hydrogen) atoms. The number of piperazine rings is 1. The van der Waals surface area contributed by atoms with Gasteiger partial charge in [0.25, 0.3) is 10.0 Å². The van der Waals surface area contributed by atoms with E-state index in [4.69, 9.17) is 0 Å². The van der Waals surface area contributed by atoms with Gasteiger partial charge in [0.05, 0.1) is 13.2 Å². The van der Waals surface area contributed by atoms with Gasteiger partial charge in [0, 0.05) is 26.2 Å². The maximum atomic E-state index is 12.4. The summed E-state index contributed by atoms with van der Waals surface area (Å²) in [5, 5.41) is 3.84. The van der Waals surface area contributed by atoms with Crippen LogP contribution in [0.25, 0.3) is 0 Å². The topological polar surface area (TPSA) is 96.0 Å². The van der Waals surface area contributed by atoms with Crippen LogP contribution in [0, 0.1) is 0 Å².